The fourth-order valence-corrected chi connectivity index (χ4v) is 4.85. The summed E-state index contributed by atoms with van der Waals surface area (Å²) in [6, 6.07) is 0. The number of fused-ring (bicyclic) bond motifs is 1. The number of esters is 1. The number of rotatable bonds is 14. The Morgan fingerprint density at radius 2 is 1.74 bits per heavy atom. The van der Waals surface area contributed by atoms with Crippen LogP contribution >= 0.6 is 0 Å². The minimum atomic E-state index is -0.903. The second-order valence-electron chi connectivity index (χ2n) is 10.2. The summed E-state index contributed by atoms with van der Waals surface area (Å²) in [4.78, 5) is 22.6. The second-order valence-corrected chi connectivity index (χ2v) is 10.2. The van der Waals surface area contributed by atoms with Crippen molar-refractivity contribution in [2.24, 2.45) is 11.8 Å². The standard InChI is InChI=1S/C26H44O9/c1-16(13-23(31)33-11-9-7-5-4-6-8-10-22(29)30)12-21-24(32)26-19(15-34-21)14-20(28)25(35-26)17(2)18(3)27/h13,17-21,24-28,32H,4-12,14-15H2,1-3H3,(H,29,30)/b16-13+/t17-,18?,19-,20-,21-,24-,25+,26+/m0/s1. The molecule has 2 saturated heterocycles. The van der Waals surface area contributed by atoms with Gasteiger partial charge in [-0.05, 0) is 39.5 Å². The first-order chi connectivity index (χ1) is 16.6. The third kappa shape index (κ3) is 9.80. The van der Waals surface area contributed by atoms with Gasteiger partial charge in [0.1, 0.15) is 6.10 Å². The lowest BCUT2D eigenvalue weighted by Crippen LogP contribution is -2.59. The van der Waals surface area contributed by atoms with Gasteiger partial charge in [-0.1, -0.05) is 38.2 Å². The van der Waals surface area contributed by atoms with Gasteiger partial charge in [0.15, 0.2) is 0 Å². The van der Waals surface area contributed by atoms with E-state index in [1.807, 2.05) is 6.92 Å². The van der Waals surface area contributed by atoms with E-state index in [2.05, 4.69) is 0 Å². The highest BCUT2D eigenvalue weighted by Crippen LogP contribution is 2.37. The van der Waals surface area contributed by atoms with Gasteiger partial charge in [-0.3, -0.25) is 4.79 Å². The Hall–Kier alpha value is -1.52. The summed E-state index contributed by atoms with van der Waals surface area (Å²) in [5.41, 5.74) is 0.737. The summed E-state index contributed by atoms with van der Waals surface area (Å²) in [5, 5.41) is 39.9. The summed E-state index contributed by atoms with van der Waals surface area (Å²) in [6.45, 7) is 5.97. The maximum atomic E-state index is 12.1. The van der Waals surface area contributed by atoms with Crippen LogP contribution in [0.2, 0.25) is 0 Å². The molecule has 2 heterocycles. The molecule has 0 amide bonds. The highest BCUT2D eigenvalue weighted by molar-refractivity contribution is 5.82. The van der Waals surface area contributed by atoms with Gasteiger partial charge in [0.25, 0.3) is 0 Å². The van der Waals surface area contributed by atoms with E-state index in [1.54, 1.807) is 13.8 Å². The topological polar surface area (TPSA) is 143 Å². The molecule has 0 aromatic rings. The Balaban J connectivity index is 1.71. The van der Waals surface area contributed by atoms with Crippen LogP contribution in [0.25, 0.3) is 0 Å². The lowest BCUT2D eigenvalue weighted by Gasteiger charge is -2.48. The maximum Gasteiger partial charge on any atom is 0.330 e. The van der Waals surface area contributed by atoms with Crippen molar-refractivity contribution < 1.29 is 44.2 Å². The Labute approximate surface area is 208 Å². The quantitative estimate of drug-likeness (QED) is 0.161. The van der Waals surface area contributed by atoms with Crippen molar-refractivity contribution >= 4 is 11.9 Å². The van der Waals surface area contributed by atoms with Crippen LogP contribution in [0.15, 0.2) is 11.6 Å². The number of carboxylic acids is 1. The van der Waals surface area contributed by atoms with E-state index < -0.39 is 48.6 Å². The molecule has 2 rings (SSSR count). The van der Waals surface area contributed by atoms with Crippen LogP contribution in [0, 0.1) is 11.8 Å². The summed E-state index contributed by atoms with van der Waals surface area (Å²) < 4.78 is 17.2. The Morgan fingerprint density at radius 1 is 1.09 bits per heavy atom. The molecule has 9 nitrogen and oxygen atoms in total. The number of ether oxygens (including phenoxy) is 3. The van der Waals surface area contributed by atoms with Crippen molar-refractivity contribution in [3.63, 3.8) is 0 Å². The third-order valence-corrected chi connectivity index (χ3v) is 7.14. The average molecular weight is 501 g/mol. The molecule has 0 radical (unpaired) electrons. The molecule has 0 saturated carbocycles. The molecule has 2 aliphatic heterocycles. The highest BCUT2D eigenvalue weighted by atomic mass is 16.6. The number of aliphatic hydroxyl groups is 3. The van der Waals surface area contributed by atoms with Crippen molar-refractivity contribution in [1.82, 2.24) is 0 Å². The molecule has 2 aliphatic rings. The largest absolute Gasteiger partial charge is 0.481 e. The number of aliphatic carboxylic acids is 1. The van der Waals surface area contributed by atoms with Crippen LogP contribution in [0.4, 0.5) is 0 Å². The fraction of sp³-hybridized carbons (Fsp3) is 0.846. The molecule has 0 spiro atoms. The van der Waals surface area contributed by atoms with Crippen LogP contribution in [-0.2, 0) is 23.8 Å². The SMILES string of the molecule is C/C(=C\C(=O)OCCCCCCCCC(=O)O)C[C@@H]1OC[C@@H]2C[C@H](O)[C@@H]([C@@H](C)C(C)O)O[C@H]2[C@H]1O. The number of carbonyl (C=O) groups is 2. The molecule has 35 heavy (non-hydrogen) atoms. The lowest BCUT2D eigenvalue weighted by molar-refractivity contribution is -0.252. The summed E-state index contributed by atoms with van der Waals surface area (Å²) in [6.07, 6.45) is 3.86. The summed E-state index contributed by atoms with van der Waals surface area (Å²) in [5.74, 6) is -1.57. The van der Waals surface area contributed by atoms with Gasteiger partial charge >= 0.3 is 11.9 Å². The van der Waals surface area contributed by atoms with Crippen molar-refractivity contribution in [3.05, 3.63) is 11.6 Å². The Bertz CT molecular complexity index is 692. The molecular formula is C26H44O9. The molecule has 8 atom stereocenters. The van der Waals surface area contributed by atoms with Crippen molar-refractivity contribution in [1.29, 1.82) is 0 Å². The van der Waals surface area contributed by atoms with E-state index in [-0.39, 0.29) is 18.3 Å². The van der Waals surface area contributed by atoms with Gasteiger partial charge in [0.2, 0.25) is 0 Å². The number of hydrogen-bond acceptors (Lipinski definition) is 8. The average Bonchev–Trinajstić information content (AvgIpc) is 2.78. The van der Waals surface area contributed by atoms with Crippen LogP contribution in [0.1, 0.15) is 78.6 Å². The predicted molar refractivity (Wildman–Crippen MR) is 129 cm³/mol. The number of carbonyl (C=O) groups excluding carboxylic acids is 1. The normalized spacial score (nSPS) is 30.9. The zero-order chi connectivity index (χ0) is 26.0. The molecule has 0 aliphatic carbocycles. The first kappa shape index (κ1) is 29.7. The summed E-state index contributed by atoms with van der Waals surface area (Å²) in [7, 11) is 0. The molecule has 9 heteroatoms. The number of unbranched alkanes of at least 4 members (excludes halogenated alkanes) is 5. The first-order valence-electron chi connectivity index (χ1n) is 13.0. The maximum absolute atomic E-state index is 12.1. The Morgan fingerprint density at radius 3 is 2.40 bits per heavy atom. The van der Waals surface area contributed by atoms with Crippen molar-refractivity contribution in [3.8, 4) is 0 Å². The molecule has 0 aromatic carbocycles. The van der Waals surface area contributed by atoms with Gasteiger partial charge in [-0.15, -0.1) is 0 Å². The van der Waals surface area contributed by atoms with Gasteiger partial charge in [0.05, 0.1) is 43.7 Å². The minimum Gasteiger partial charge on any atom is -0.481 e. The zero-order valence-electron chi connectivity index (χ0n) is 21.3. The van der Waals surface area contributed by atoms with E-state index in [0.29, 0.717) is 32.5 Å². The smallest absolute Gasteiger partial charge is 0.330 e. The van der Waals surface area contributed by atoms with Gasteiger partial charge in [-0.25, -0.2) is 4.79 Å². The molecule has 4 N–H and O–H groups in total. The van der Waals surface area contributed by atoms with Crippen molar-refractivity contribution in [2.75, 3.05) is 13.2 Å². The van der Waals surface area contributed by atoms with Crippen LogP contribution in [-0.4, -0.2) is 82.2 Å². The van der Waals surface area contributed by atoms with E-state index in [0.717, 1.165) is 37.7 Å². The first-order valence-corrected chi connectivity index (χ1v) is 13.0. The molecular weight excluding hydrogens is 456 g/mol. The molecule has 1 unspecified atom stereocenters. The van der Waals surface area contributed by atoms with Gasteiger partial charge < -0.3 is 34.6 Å². The minimum absolute atomic E-state index is 0.125. The number of aliphatic hydroxyl groups excluding tert-OH is 3. The summed E-state index contributed by atoms with van der Waals surface area (Å²) >= 11 is 0. The molecule has 0 aromatic heterocycles. The molecule has 0 bridgehead atoms. The van der Waals surface area contributed by atoms with Gasteiger partial charge in [0, 0.05) is 24.3 Å². The number of hydrogen-bond donors (Lipinski definition) is 4. The Kier molecular flexibility index (Phi) is 12.6. The zero-order valence-corrected chi connectivity index (χ0v) is 21.3. The van der Waals surface area contributed by atoms with Crippen LogP contribution in [0.3, 0.4) is 0 Å². The molecule has 202 valence electrons. The number of carboxylic acid groups (broad SMARTS) is 1. The van der Waals surface area contributed by atoms with E-state index in [9.17, 15) is 24.9 Å². The van der Waals surface area contributed by atoms with E-state index in [4.69, 9.17) is 19.3 Å². The van der Waals surface area contributed by atoms with Crippen LogP contribution < -0.4 is 0 Å². The third-order valence-electron chi connectivity index (χ3n) is 7.14. The predicted octanol–water partition coefficient (Wildman–Crippen LogP) is 2.59. The van der Waals surface area contributed by atoms with E-state index in [1.165, 1.54) is 6.08 Å². The highest BCUT2D eigenvalue weighted by Gasteiger charge is 2.48. The molecule has 2 fully saturated rings. The van der Waals surface area contributed by atoms with Crippen molar-refractivity contribution in [2.45, 2.75) is 115 Å². The van der Waals surface area contributed by atoms with Crippen LogP contribution in [0.5, 0.6) is 0 Å². The lowest BCUT2D eigenvalue weighted by atomic mass is 9.80. The monoisotopic (exact) mass is 500 g/mol. The van der Waals surface area contributed by atoms with E-state index >= 15 is 0 Å². The fourth-order valence-electron chi connectivity index (χ4n) is 4.85. The van der Waals surface area contributed by atoms with Gasteiger partial charge in [-0.2, -0.15) is 0 Å². The second kappa shape index (κ2) is 14.9.